The number of benzene rings is 1. The number of nitrogens with zero attached hydrogens (tertiary/aromatic N) is 2. The molecule has 0 saturated heterocycles. The van der Waals surface area contributed by atoms with Gasteiger partial charge in [-0.1, -0.05) is 0 Å². The van der Waals surface area contributed by atoms with Gasteiger partial charge in [-0.05, 0) is 18.2 Å². The van der Waals surface area contributed by atoms with Gasteiger partial charge in [0.05, 0.1) is 12.0 Å². The topological polar surface area (TPSA) is 112 Å². The maximum atomic E-state index is 11.2. The van der Waals surface area contributed by atoms with Gasteiger partial charge in [0.1, 0.15) is 23.3 Å². The molecule has 8 nitrogen and oxygen atoms in total. The van der Waals surface area contributed by atoms with Crippen LogP contribution in [0.15, 0.2) is 36.7 Å². The minimum atomic E-state index is -1.24. The predicted molar refractivity (Wildman–Crippen MR) is 70.9 cm³/mol. The van der Waals surface area contributed by atoms with Gasteiger partial charge in [-0.15, -0.1) is 0 Å². The minimum Gasteiger partial charge on any atom is -0.497 e. The Balaban J connectivity index is 2.45. The fraction of sp³-hybridized carbons (Fsp3) is 0.0769. The molecule has 0 fully saturated rings. The van der Waals surface area contributed by atoms with Crippen LogP contribution in [0.4, 0.5) is 5.69 Å². The third kappa shape index (κ3) is 3.06. The van der Waals surface area contributed by atoms with Gasteiger partial charge in [-0.25, -0.2) is 4.79 Å². The van der Waals surface area contributed by atoms with Gasteiger partial charge in [0.15, 0.2) is 0 Å². The van der Waals surface area contributed by atoms with E-state index in [1.807, 2.05) is 0 Å². The Morgan fingerprint density at radius 1 is 1.33 bits per heavy atom. The zero-order valence-corrected chi connectivity index (χ0v) is 10.8. The second-order valence-electron chi connectivity index (χ2n) is 3.87. The SMILES string of the molecule is COc1ccc(Oc2ccncc2[N+](=O)[O-])c(C(=O)O)c1. The molecule has 8 heteroatoms. The summed E-state index contributed by atoms with van der Waals surface area (Å²) in [4.78, 5) is 25.1. The number of nitro groups is 1. The van der Waals surface area contributed by atoms with E-state index in [0.29, 0.717) is 5.75 Å². The molecule has 1 N–H and O–H groups in total. The van der Waals surface area contributed by atoms with Gasteiger partial charge >= 0.3 is 11.7 Å². The largest absolute Gasteiger partial charge is 0.497 e. The van der Waals surface area contributed by atoms with Crippen molar-refractivity contribution in [3.8, 4) is 17.2 Å². The van der Waals surface area contributed by atoms with Crippen LogP contribution in [0.5, 0.6) is 17.2 Å². The van der Waals surface area contributed by atoms with Crippen LogP contribution in [0.3, 0.4) is 0 Å². The van der Waals surface area contributed by atoms with Gasteiger partial charge in [0.25, 0.3) is 0 Å². The van der Waals surface area contributed by atoms with Crippen LogP contribution in [-0.2, 0) is 0 Å². The molecule has 1 heterocycles. The van der Waals surface area contributed by atoms with E-state index in [2.05, 4.69) is 4.98 Å². The molecule has 21 heavy (non-hydrogen) atoms. The minimum absolute atomic E-state index is 0.0300. The smallest absolute Gasteiger partial charge is 0.339 e. The summed E-state index contributed by atoms with van der Waals surface area (Å²) in [5.74, 6) is -1.02. The number of hydrogen-bond acceptors (Lipinski definition) is 6. The Bertz CT molecular complexity index is 701. The van der Waals surface area contributed by atoms with Crippen molar-refractivity contribution in [2.24, 2.45) is 0 Å². The number of ether oxygens (including phenoxy) is 2. The molecule has 0 aliphatic rings. The van der Waals surface area contributed by atoms with Crippen LogP contribution >= 0.6 is 0 Å². The molecule has 0 spiro atoms. The summed E-state index contributed by atoms with van der Waals surface area (Å²) in [6.07, 6.45) is 2.34. The number of methoxy groups -OCH3 is 1. The highest BCUT2D eigenvalue weighted by atomic mass is 16.6. The monoisotopic (exact) mass is 290 g/mol. The van der Waals surface area contributed by atoms with Crippen LogP contribution < -0.4 is 9.47 Å². The fourth-order valence-electron chi connectivity index (χ4n) is 1.61. The summed E-state index contributed by atoms with van der Waals surface area (Å²) >= 11 is 0. The first-order valence-corrected chi connectivity index (χ1v) is 5.70. The van der Waals surface area contributed by atoms with Gasteiger partial charge in [0.2, 0.25) is 5.75 Å². The summed E-state index contributed by atoms with van der Waals surface area (Å²) in [5, 5.41) is 20.0. The van der Waals surface area contributed by atoms with Crippen LogP contribution in [0.2, 0.25) is 0 Å². The zero-order valence-electron chi connectivity index (χ0n) is 10.8. The Labute approximate surface area is 118 Å². The molecule has 0 aliphatic heterocycles. The van der Waals surface area contributed by atoms with Gasteiger partial charge in [0, 0.05) is 12.3 Å². The lowest BCUT2D eigenvalue weighted by atomic mass is 10.2. The molecule has 0 unspecified atom stereocenters. The lowest BCUT2D eigenvalue weighted by Gasteiger charge is -2.10. The molecule has 0 bridgehead atoms. The number of carboxylic acid groups (broad SMARTS) is 1. The first-order chi connectivity index (χ1) is 10.0. The standard InChI is InChI=1S/C13H10N2O6/c1-20-8-2-3-11(9(6-8)13(16)17)21-12-4-5-14-7-10(12)15(18)19/h2-7H,1H3,(H,16,17). The first kappa shape index (κ1) is 14.3. The van der Waals surface area contributed by atoms with E-state index in [1.54, 1.807) is 0 Å². The van der Waals surface area contributed by atoms with E-state index in [1.165, 1.54) is 37.6 Å². The van der Waals surface area contributed by atoms with Crippen molar-refractivity contribution in [3.63, 3.8) is 0 Å². The van der Waals surface area contributed by atoms with Gasteiger partial charge in [-0.2, -0.15) is 0 Å². The lowest BCUT2D eigenvalue weighted by molar-refractivity contribution is -0.386. The van der Waals surface area contributed by atoms with Crippen LogP contribution in [0.25, 0.3) is 0 Å². The molecule has 2 rings (SSSR count). The summed E-state index contributed by atoms with van der Waals surface area (Å²) in [7, 11) is 1.40. The summed E-state index contributed by atoms with van der Waals surface area (Å²) in [5.41, 5.74) is -0.523. The maximum absolute atomic E-state index is 11.2. The number of hydrogen-bond donors (Lipinski definition) is 1. The van der Waals surface area contributed by atoms with E-state index in [-0.39, 0.29) is 22.7 Å². The van der Waals surface area contributed by atoms with Gasteiger partial charge in [-0.3, -0.25) is 15.1 Å². The number of carbonyl (C=O) groups is 1. The number of aromatic nitrogens is 1. The third-order valence-electron chi connectivity index (χ3n) is 2.59. The highest BCUT2D eigenvalue weighted by Crippen LogP contribution is 2.33. The quantitative estimate of drug-likeness (QED) is 0.664. The van der Waals surface area contributed by atoms with Crippen molar-refractivity contribution in [2.45, 2.75) is 0 Å². The molecule has 0 aliphatic carbocycles. The highest BCUT2D eigenvalue weighted by molar-refractivity contribution is 5.91. The summed E-state index contributed by atoms with van der Waals surface area (Å²) < 4.78 is 10.3. The average molecular weight is 290 g/mol. The molecule has 0 atom stereocenters. The van der Waals surface area contributed by atoms with Crippen molar-refractivity contribution >= 4 is 11.7 Å². The van der Waals surface area contributed by atoms with Crippen molar-refractivity contribution in [1.29, 1.82) is 0 Å². The second-order valence-corrected chi connectivity index (χ2v) is 3.87. The Hall–Kier alpha value is -3.16. The first-order valence-electron chi connectivity index (χ1n) is 5.70. The molecule has 1 aromatic carbocycles. The van der Waals surface area contributed by atoms with E-state index in [0.717, 1.165) is 6.20 Å². The van der Waals surface area contributed by atoms with E-state index >= 15 is 0 Å². The number of aromatic carboxylic acids is 1. The van der Waals surface area contributed by atoms with Crippen molar-refractivity contribution in [2.75, 3.05) is 7.11 Å². The summed E-state index contributed by atoms with van der Waals surface area (Å²) in [6.45, 7) is 0. The van der Waals surface area contributed by atoms with Crippen molar-refractivity contribution < 1.29 is 24.3 Å². The van der Waals surface area contributed by atoms with E-state index < -0.39 is 10.9 Å². The number of pyridine rings is 1. The molecule has 0 saturated carbocycles. The molecular formula is C13H10N2O6. The molecule has 108 valence electrons. The van der Waals surface area contributed by atoms with Crippen molar-refractivity contribution in [1.82, 2.24) is 4.98 Å². The molecule has 0 amide bonds. The molecule has 2 aromatic rings. The lowest BCUT2D eigenvalue weighted by Crippen LogP contribution is -2.02. The number of rotatable bonds is 5. The summed E-state index contributed by atoms with van der Waals surface area (Å²) in [6, 6.07) is 5.42. The molecular weight excluding hydrogens is 280 g/mol. The molecule has 0 radical (unpaired) electrons. The number of carboxylic acids is 1. The average Bonchev–Trinajstić information content (AvgIpc) is 2.47. The van der Waals surface area contributed by atoms with Crippen LogP contribution in [-0.4, -0.2) is 28.1 Å². The second kappa shape index (κ2) is 5.87. The van der Waals surface area contributed by atoms with Crippen molar-refractivity contribution in [3.05, 3.63) is 52.3 Å². The Kier molecular flexibility index (Phi) is 3.98. The highest BCUT2D eigenvalue weighted by Gasteiger charge is 2.19. The normalized spacial score (nSPS) is 9.95. The van der Waals surface area contributed by atoms with Crippen LogP contribution in [0, 0.1) is 10.1 Å². The zero-order chi connectivity index (χ0) is 15.4. The predicted octanol–water partition coefficient (Wildman–Crippen LogP) is 2.49. The fourth-order valence-corrected chi connectivity index (χ4v) is 1.61. The van der Waals surface area contributed by atoms with E-state index in [4.69, 9.17) is 14.6 Å². The third-order valence-corrected chi connectivity index (χ3v) is 2.59. The Morgan fingerprint density at radius 3 is 2.71 bits per heavy atom. The van der Waals surface area contributed by atoms with Crippen LogP contribution in [0.1, 0.15) is 10.4 Å². The van der Waals surface area contributed by atoms with E-state index in [9.17, 15) is 14.9 Å². The van der Waals surface area contributed by atoms with Gasteiger partial charge < -0.3 is 14.6 Å². The maximum Gasteiger partial charge on any atom is 0.339 e. The Morgan fingerprint density at radius 2 is 2.10 bits per heavy atom. The molecule has 1 aromatic heterocycles.